The van der Waals surface area contributed by atoms with Gasteiger partial charge in [-0.25, -0.2) is 4.98 Å². The Balaban J connectivity index is 1.41. The smallest absolute Gasteiger partial charge is 0.238 e. The van der Waals surface area contributed by atoms with E-state index in [0.29, 0.717) is 17.6 Å². The van der Waals surface area contributed by atoms with Crippen LogP contribution in [0.1, 0.15) is 0 Å². The van der Waals surface area contributed by atoms with Gasteiger partial charge in [-0.2, -0.15) is 9.97 Å². The van der Waals surface area contributed by atoms with Crippen LogP contribution in [0, 0.1) is 0 Å². The fourth-order valence-electron chi connectivity index (χ4n) is 7.38. The largest absolute Gasteiger partial charge is 0.278 e. The van der Waals surface area contributed by atoms with Crippen molar-refractivity contribution in [1.82, 2.24) is 19.5 Å². The molecule has 0 saturated carbocycles. The van der Waals surface area contributed by atoms with Gasteiger partial charge in [0, 0.05) is 27.3 Å². The number of hydrogen-bond donors (Lipinski definition) is 0. The molecule has 218 valence electrons. The van der Waals surface area contributed by atoms with E-state index in [2.05, 4.69) is 126 Å². The highest BCUT2D eigenvalue weighted by Crippen LogP contribution is 2.51. The Bertz CT molecular complexity index is 2600. The summed E-state index contributed by atoms with van der Waals surface area (Å²) in [5, 5.41) is 4.93. The Labute approximate surface area is 271 Å². The zero-order valence-electron chi connectivity index (χ0n) is 25.3. The minimum absolute atomic E-state index is 0.597. The number of fused-ring (bicyclic) bond motifs is 3. The molecule has 4 nitrogen and oxygen atoms in total. The van der Waals surface area contributed by atoms with Gasteiger partial charge >= 0.3 is 0 Å². The van der Waals surface area contributed by atoms with E-state index in [-0.39, 0.29) is 0 Å². The monoisotopic (exact) mass is 598 g/mol. The maximum Gasteiger partial charge on any atom is 0.238 e. The van der Waals surface area contributed by atoms with Gasteiger partial charge in [0.15, 0.2) is 11.6 Å². The Kier molecular flexibility index (Phi) is 5.54. The molecule has 0 unspecified atom stereocenters. The molecular formula is C43H26N4. The fourth-order valence-corrected chi connectivity index (χ4v) is 7.38. The molecular weight excluding hydrogens is 573 g/mol. The summed E-state index contributed by atoms with van der Waals surface area (Å²) in [7, 11) is 0. The summed E-state index contributed by atoms with van der Waals surface area (Å²) >= 11 is 0. The van der Waals surface area contributed by atoms with Crippen LogP contribution >= 0.6 is 0 Å². The molecule has 0 spiro atoms. The van der Waals surface area contributed by atoms with Gasteiger partial charge in [0.2, 0.25) is 5.95 Å². The second-order valence-electron chi connectivity index (χ2n) is 12.0. The average Bonchev–Trinajstić information content (AvgIpc) is 3.43. The van der Waals surface area contributed by atoms with Crippen LogP contribution in [0.3, 0.4) is 0 Å². The van der Waals surface area contributed by atoms with Crippen molar-refractivity contribution in [2.24, 2.45) is 0 Å². The highest BCUT2D eigenvalue weighted by atomic mass is 15.2. The van der Waals surface area contributed by atoms with Crippen LogP contribution in [0.5, 0.6) is 0 Å². The van der Waals surface area contributed by atoms with Crippen molar-refractivity contribution in [3.05, 3.63) is 158 Å². The lowest BCUT2D eigenvalue weighted by atomic mass is 9.90. The molecule has 0 fully saturated rings. The normalized spacial score (nSPS) is 11.8. The molecule has 0 radical (unpaired) electrons. The number of rotatable bonds is 4. The topological polar surface area (TPSA) is 43.6 Å². The van der Waals surface area contributed by atoms with Gasteiger partial charge < -0.3 is 0 Å². The van der Waals surface area contributed by atoms with Crippen molar-refractivity contribution in [2.45, 2.75) is 0 Å². The first-order valence-corrected chi connectivity index (χ1v) is 15.9. The van der Waals surface area contributed by atoms with Crippen LogP contribution in [0.2, 0.25) is 0 Å². The van der Waals surface area contributed by atoms with E-state index >= 15 is 0 Å². The van der Waals surface area contributed by atoms with Crippen molar-refractivity contribution in [2.75, 3.05) is 0 Å². The van der Waals surface area contributed by atoms with Crippen LogP contribution in [-0.4, -0.2) is 19.5 Å². The minimum atomic E-state index is 0.597. The second kappa shape index (κ2) is 10.1. The number of hydrogen-bond acceptors (Lipinski definition) is 3. The molecule has 9 aromatic rings. The first-order valence-electron chi connectivity index (χ1n) is 15.9. The van der Waals surface area contributed by atoms with Crippen molar-refractivity contribution in [3.63, 3.8) is 0 Å². The molecule has 47 heavy (non-hydrogen) atoms. The average molecular weight is 599 g/mol. The Morgan fingerprint density at radius 1 is 0.340 bits per heavy atom. The van der Waals surface area contributed by atoms with Crippen molar-refractivity contribution < 1.29 is 0 Å². The summed E-state index contributed by atoms with van der Waals surface area (Å²) < 4.78 is 2.26. The molecule has 0 N–H and O–H groups in total. The highest BCUT2D eigenvalue weighted by molar-refractivity contribution is 6.32. The van der Waals surface area contributed by atoms with Crippen LogP contribution in [0.25, 0.3) is 94.7 Å². The summed E-state index contributed by atoms with van der Waals surface area (Å²) in [6.07, 6.45) is 0. The third kappa shape index (κ3) is 3.85. The molecule has 0 atom stereocenters. The summed E-state index contributed by atoms with van der Waals surface area (Å²) in [6.45, 7) is 0. The summed E-state index contributed by atoms with van der Waals surface area (Å²) in [5.41, 5.74) is 11.3. The molecule has 2 aromatic heterocycles. The molecule has 0 bridgehead atoms. The third-order valence-corrected chi connectivity index (χ3v) is 9.40. The van der Waals surface area contributed by atoms with Crippen molar-refractivity contribution in [1.29, 1.82) is 0 Å². The van der Waals surface area contributed by atoms with Gasteiger partial charge in [0.05, 0.1) is 11.0 Å². The quantitative estimate of drug-likeness (QED) is 0.202. The van der Waals surface area contributed by atoms with Gasteiger partial charge in [-0.3, -0.25) is 4.57 Å². The van der Waals surface area contributed by atoms with Crippen molar-refractivity contribution in [3.8, 4) is 62.1 Å². The summed E-state index contributed by atoms with van der Waals surface area (Å²) in [4.78, 5) is 15.4. The molecule has 0 amide bonds. The van der Waals surface area contributed by atoms with E-state index in [4.69, 9.17) is 15.0 Å². The highest BCUT2D eigenvalue weighted by Gasteiger charge is 2.27. The van der Waals surface area contributed by atoms with Crippen LogP contribution in [-0.2, 0) is 0 Å². The molecule has 0 saturated heterocycles. The van der Waals surface area contributed by atoms with Crippen LogP contribution < -0.4 is 0 Å². The van der Waals surface area contributed by atoms with Gasteiger partial charge in [0.25, 0.3) is 0 Å². The molecule has 0 aliphatic heterocycles. The van der Waals surface area contributed by atoms with E-state index < -0.39 is 0 Å². The van der Waals surface area contributed by atoms with Gasteiger partial charge in [0.1, 0.15) is 0 Å². The number of nitrogens with zero attached hydrogens (tertiary/aromatic N) is 4. The Morgan fingerprint density at radius 3 is 1.47 bits per heavy atom. The lowest BCUT2D eigenvalue weighted by molar-refractivity contribution is 0.954. The second-order valence-corrected chi connectivity index (χ2v) is 12.0. The Morgan fingerprint density at radius 2 is 0.851 bits per heavy atom. The number of benzene rings is 7. The SMILES string of the molecule is c1ccc(-c2nc(-c3ccccc3)nc(-n3c4cccc5c4c4c6c(cccc6c(-c6ccccc6)cc43)-c3ccccc3-5)n2)cc1. The summed E-state index contributed by atoms with van der Waals surface area (Å²) in [6, 6.07) is 55.5. The van der Waals surface area contributed by atoms with Crippen LogP contribution in [0.15, 0.2) is 158 Å². The molecule has 10 rings (SSSR count). The Hall–Kier alpha value is -6.39. The lowest BCUT2D eigenvalue weighted by Gasteiger charge is -2.16. The van der Waals surface area contributed by atoms with Gasteiger partial charge in [-0.1, -0.05) is 146 Å². The molecule has 4 heteroatoms. The van der Waals surface area contributed by atoms with E-state index in [1.165, 1.54) is 54.9 Å². The minimum Gasteiger partial charge on any atom is -0.278 e. The molecule has 7 aromatic carbocycles. The zero-order valence-corrected chi connectivity index (χ0v) is 25.3. The zero-order chi connectivity index (χ0) is 30.9. The predicted molar refractivity (Wildman–Crippen MR) is 192 cm³/mol. The molecule has 2 heterocycles. The predicted octanol–water partition coefficient (Wildman–Crippen LogP) is 10.8. The first kappa shape index (κ1) is 25.9. The molecule has 1 aliphatic rings. The van der Waals surface area contributed by atoms with E-state index in [9.17, 15) is 0 Å². The van der Waals surface area contributed by atoms with E-state index in [0.717, 1.165) is 22.2 Å². The standard InChI is InChI=1S/C43H26N4/c1-4-14-27(15-5-1)35-26-37-40-38-32(22-12-23-34(35)38)30-20-10-11-21-31(30)33-24-13-25-36(39(33)40)47(37)43-45-41(28-16-6-2-7-17-28)44-42(46-43)29-18-8-3-9-19-29/h1-26H. The summed E-state index contributed by atoms with van der Waals surface area (Å²) in [5.74, 6) is 1.88. The maximum atomic E-state index is 5.21. The van der Waals surface area contributed by atoms with Crippen LogP contribution in [0.4, 0.5) is 0 Å². The van der Waals surface area contributed by atoms with Gasteiger partial charge in [-0.05, 0) is 50.9 Å². The number of aromatic nitrogens is 4. The van der Waals surface area contributed by atoms with E-state index in [1.54, 1.807) is 0 Å². The lowest BCUT2D eigenvalue weighted by Crippen LogP contribution is -2.06. The molecule has 1 aliphatic carbocycles. The van der Waals surface area contributed by atoms with E-state index in [1.807, 2.05) is 36.4 Å². The third-order valence-electron chi connectivity index (χ3n) is 9.40. The van der Waals surface area contributed by atoms with Crippen molar-refractivity contribution >= 4 is 32.6 Å². The first-order chi connectivity index (χ1) is 23.3. The maximum absolute atomic E-state index is 5.21. The van der Waals surface area contributed by atoms with Gasteiger partial charge in [-0.15, -0.1) is 0 Å². The fraction of sp³-hybridized carbons (Fsp3) is 0.